The number of aromatic nitrogens is 2. The first kappa shape index (κ1) is 12.4. The van der Waals surface area contributed by atoms with E-state index in [0.29, 0.717) is 12.8 Å². The molecule has 0 unspecified atom stereocenters. The van der Waals surface area contributed by atoms with Gasteiger partial charge in [-0.25, -0.2) is 0 Å². The third kappa shape index (κ3) is 2.16. The zero-order chi connectivity index (χ0) is 13.9. The normalized spacial score (nSPS) is 10.8. The Morgan fingerprint density at radius 2 is 1.10 bits per heavy atom. The molecule has 98 valence electrons. The third-order valence-electron chi connectivity index (χ3n) is 3.22. The number of carbonyl (C=O) groups is 2. The quantitative estimate of drug-likeness (QED) is 0.535. The Balaban J connectivity index is 2.29. The summed E-state index contributed by atoms with van der Waals surface area (Å²) in [5.41, 5.74) is 2.99. The van der Waals surface area contributed by atoms with Crippen molar-refractivity contribution in [3.63, 3.8) is 0 Å². The van der Waals surface area contributed by atoms with Crippen molar-refractivity contribution in [3.8, 4) is 0 Å². The van der Waals surface area contributed by atoms with E-state index >= 15 is 0 Å². The maximum absolute atomic E-state index is 10.6. The van der Waals surface area contributed by atoms with Crippen molar-refractivity contribution in [1.82, 2.24) is 9.97 Å². The molecule has 0 aliphatic rings. The molecule has 2 heterocycles. The lowest BCUT2D eigenvalue weighted by molar-refractivity contribution is -0.108. The van der Waals surface area contributed by atoms with Gasteiger partial charge in [-0.05, 0) is 12.1 Å². The van der Waals surface area contributed by atoms with Gasteiger partial charge in [-0.3, -0.25) is 9.97 Å². The predicted molar refractivity (Wildman–Crippen MR) is 76.6 cm³/mol. The van der Waals surface area contributed by atoms with Crippen LogP contribution in [0.5, 0.6) is 0 Å². The van der Waals surface area contributed by atoms with E-state index in [1.54, 1.807) is 0 Å². The molecule has 1 aromatic carbocycles. The van der Waals surface area contributed by atoms with Gasteiger partial charge in [0.15, 0.2) is 0 Å². The molecule has 0 spiro atoms. The Morgan fingerprint density at radius 1 is 0.700 bits per heavy atom. The van der Waals surface area contributed by atoms with Crippen LogP contribution in [0, 0.1) is 0 Å². The highest BCUT2D eigenvalue weighted by atomic mass is 16.1. The number of nitrogens with zero attached hydrogens (tertiary/aromatic N) is 2. The Bertz CT molecular complexity index is 743. The number of hydrogen-bond acceptors (Lipinski definition) is 4. The lowest BCUT2D eigenvalue weighted by Gasteiger charge is -2.05. The fourth-order valence-electron chi connectivity index (χ4n) is 2.25. The zero-order valence-electron chi connectivity index (χ0n) is 10.7. The molecule has 0 atom stereocenters. The van der Waals surface area contributed by atoms with Crippen LogP contribution in [0.15, 0.2) is 36.4 Å². The van der Waals surface area contributed by atoms with Crippen LogP contribution in [-0.4, -0.2) is 22.5 Å². The van der Waals surface area contributed by atoms with E-state index in [1.807, 2.05) is 36.4 Å². The summed E-state index contributed by atoms with van der Waals surface area (Å²) in [5.74, 6) is 0. The molecule has 0 aliphatic heterocycles. The van der Waals surface area contributed by atoms with Gasteiger partial charge in [0.1, 0.15) is 12.6 Å². The van der Waals surface area contributed by atoms with Crippen LogP contribution in [0.3, 0.4) is 0 Å². The van der Waals surface area contributed by atoms with Crippen LogP contribution in [0.25, 0.3) is 21.8 Å². The monoisotopic (exact) mass is 264 g/mol. The first-order valence-corrected chi connectivity index (χ1v) is 6.37. The minimum atomic E-state index is 0.292. The predicted octanol–water partition coefficient (Wildman–Crippen LogP) is 2.27. The average molecular weight is 264 g/mol. The van der Waals surface area contributed by atoms with Gasteiger partial charge in [0.25, 0.3) is 0 Å². The second-order valence-corrected chi connectivity index (χ2v) is 4.56. The van der Waals surface area contributed by atoms with Crippen molar-refractivity contribution < 1.29 is 9.59 Å². The molecule has 3 rings (SSSR count). The minimum absolute atomic E-state index is 0.292. The SMILES string of the molecule is O=CCc1ccc2ccc3ccc(CC=O)nc3c2n1. The van der Waals surface area contributed by atoms with Gasteiger partial charge in [-0.15, -0.1) is 0 Å². The van der Waals surface area contributed by atoms with Crippen molar-refractivity contribution >= 4 is 34.4 Å². The van der Waals surface area contributed by atoms with E-state index in [0.717, 1.165) is 45.8 Å². The standard InChI is InChI=1S/C16H12N2O2/c19-9-7-13-5-3-11-1-2-12-4-6-14(8-10-20)18-16(12)15(11)17-13/h1-6,9-10H,7-8H2. The fourth-order valence-corrected chi connectivity index (χ4v) is 2.25. The fraction of sp³-hybridized carbons (Fsp3) is 0.125. The second-order valence-electron chi connectivity index (χ2n) is 4.56. The molecular weight excluding hydrogens is 252 g/mol. The van der Waals surface area contributed by atoms with E-state index < -0.39 is 0 Å². The van der Waals surface area contributed by atoms with Crippen LogP contribution in [0.2, 0.25) is 0 Å². The van der Waals surface area contributed by atoms with Gasteiger partial charge in [0, 0.05) is 35.0 Å². The number of benzene rings is 1. The van der Waals surface area contributed by atoms with E-state index in [1.165, 1.54) is 0 Å². The molecule has 4 nitrogen and oxygen atoms in total. The van der Waals surface area contributed by atoms with Gasteiger partial charge in [-0.2, -0.15) is 0 Å². The molecule has 0 aliphatic carbocycles. The highest BCUT2D eigenvalue weighted by Crippen LogP contribution is 2.23. The molecule has 0 bridgehead atoms. The lowest BCUT2D eigenvalue weighted by Crippen LogP contribution is -1.95. The Labute approximate surface area is 115 Å². The molecule has 0 saturated heterocycles. The highest BCUT2D eigenvalue weighted by Gasteiger charge is 2.06. The third-order valence-corrected chi connectivity index (χ3v) is 3.22. The molecule has 0 fully saturated rings. The van der Waals surface area contributed by atoms with E-state index in [2.05, 4.69) is 9.97 Å². The summed E-state index contributed by atoms with van der Waals surface area (Å²) in [4.78, 5) is 30.3. The molecule has 4 heteroatoms. The van der Waals surface area contributed by atoms with Crippen LogP contribution >= 0.6 is 0 Å². The van der Waals surface area contributed by atoms with Crippen molar-refractivity contribution in [2.24, 2.45) is 0 Å². The largest absolute Gasteiger partial charge is 0.303 e. The molecule has 0 amide bonds. The van der Waals surface area contributed by atoms with Gasteiger partial charge in [0.05, 0.1) is 11.0 Å². The van der Waals surface area contributed by atoms with Crippen LogP contribution in [-0.2, 0) is 22.4 Å². The molecule has 0 N–H and O–H groups in total. The van der Waals surface area contributed by atoms with E-state index in [4.69, 9.17) is 0 Å². The van der Waals surface area contributed by atoms with Gasteiger partial charge in [-0.1, -0.05) is 24.3 Å². The molecule has 3 aromatic rings. The number of pyridine rings is 2. The van der Waals surface area contributed by atoms with Crippen molar-refractivity contribution in [2.75, 3.05) is 0 Å². The Morgan fingerprint density at radius 3 is 1.50 bits per heavy atom. The number of fused-ring (bicyclic) bond motifs is 3. The maximum atomic E-state index is 10.6. The van der Waals surface area contributed by atoms with Crippen molar-refractivity contribution in [3.05, 3.63) is 47.8 Å². The lowest BCUT2D eigenvalue weighted by atomic mass is 10.1. The minimum Gasteiger partial charge on any atom is -0.303 e. The molecule has 0 saturated carbocycles. The first-order valence-electron chi connectivity index (χ1n) is 6.37. The van der Waals surface area contributed by atoms with Crippen LogP contribution < -0.4 is 0 Å². The number of aldehydes is 2. The van der Waals surface area contributed by atoms with Gasteiger partial charge in [0.2, 0.25) is 0 Å². The topological polar surface area (TPSA) is 59.9 Å². The summed E-state index contributed by atoms with van der Waals surface area (Å²) >= 11 is 0. The second kappa shape index (κ2) is 5.17. The van der Waals surface area contributed by atoms with E-state index in [-0.39, 0.29) is 0 Å². The van der Waals surface area contributed by atoms with Crippen LogP contribution in [0.4, 0.5) is 0 Å². The summed E-state index contributed by atoms with van der Waals surface area (Å²) in [6.07, 6.45) is 2.26. The number of hydrogen-bond donors (Lipinski definition) is 0. The number of carbonyl (C=O) groups excluding carboxylic acids is 2. The summed E-state index contributed by atoms with van der Waals surface area (Å²) in [5, 5.41) is 1.95. The Kier molecular flexibility index (Phi) is 3.21. The summed E-state index contributed by atoms with van der Waals surface area (Å²) in [6, 6.07) is 11.5. The summed E-state index contributed by atoms with van der Waals surface area (Å²) in [7, 11) is 0. The maximum Gasteiger partial charge on any atom is 0.125 e. The summed E-state index contributed by atoms with van der Waals surface area (Å²) < 4.78 is 0. The summed E-state index contributed by atoms with van der Waals surface area (Å²) in [6.45, 7) is 0. The zero-order valence-corrected chi connectivity index (χ0v) is 10.7. The van der Waals surface area contributed by atoms with Gasteiger partial charge < -0.3 is 9.59 Å². The van der Waals surface area contributed by atoms with Crippen molar-refractivity contribution in [1.29, 1.82) is 0 Å². The smallest absolute Gasteiger partial charge is 0.125 e. The first-order chi connectivity index (χ1) is 9.81. The molecular formula is C16H12N2O2. The van der Waals surface area contributed by atoms with Crippen molar-refractivity contribution in [2.45, 2.75) is 12.8 Å². The molecule has 20 heavy (non-hydrogen) atoms. The Hall–Kier alpha value is -2.62. The van der Waals surface area contributed by atoms with Gasteiger partial charge >= 0.3 is 0 Å². The number of rotatable bonds is 4. The molecule has 0 radical (unpaired) electrons. The molecule has 2 aromatic heterocycles. The highest BCUT2D eigenvalue weighted by molar-refractivity contribution is 6.02. The van der Waals surface area contributed by atoms with Crippen LogP contribution in [0.1, 0.15) is 11.4 Å². The van der Waals surface area contributed by atoms with E-state index in [9.17, 15) is 9.59 Å². The average Bonchev–Trinajstić information content (AvgIpc) is 2.48.